The van der Waals surface area contributed by atoms with Crippen molar-refractivity contribution in [3.63, 3.8) is 0 Å². The number of fused-ring (bicyclic) bond motifs is 1. The Morgan fingerprint density at radius 3 is 2.29 bits per heavy atom. The number of aliphatic hydroxyl groups is 1. The van der Waals surface area contributed by atoms with Crippen LogP contribution in [0, 0.1) is 0 Å². The van der Waals surface area contributed by atoms with Gasteiger partial charge in [-0.05, 0) is 36.6 Å². The molecule has 6 nitrogen and oxygen atoms in total. The maximum Gasteiger partial charge on any atom is 0.251 e. The molecule has 3 aromatic rings. The molecule has 0 spiro atoms. The van der Waals surface area contributed by atoms with E-state index in [-0.39, 0.29) is 12.5 Å². The summed E-state index contributed by atoms with van der Waals surface area (Å²) in [4.78, 5) is 13.5. The number of rotatable bonds is 7. The average Bonchev–Trinajstić information content (AvgIpc) is 3.16. The van der Waals surface area contributed by atoms with Crippen LogP contribution in [-0.4, -0.2) is 38.9 Å². The van der Waals surface area contributed by atoms with Gasteiger partial charge < -0.3 is 24.6 Å². The van der Waals surface area contributed by atoms with Gasteiger partial charge in [-0.3, -0.25) is 4.79 Å². The summed E-state index contributed by atoms with van der Waals surface area (Å²) < 4.78 is 16.9. The molecule has 1 atom stereocenters. The van der Waals surface area contributed by atoms with Gasteiger partial charge >= 0.3 is 0 Å². The third-order valence-corrected chi connectivity index (χ3v) is 5.85. The summed E-state index contributed by atoms with van der Waals surface area (Å²) in [6.07, 6.45) is 0. The molecule has 0 fully saturated rings. The first kappa shape index (κ1) is 20.0. The van der Waals surface area contributed by atoms with Crippen LogP contribution >= 0.6 is 11.3 Å². The van der Waals surface area contributed by atoms with E-state index in [0.717, 1.165) is 15.0 Å². The van der Waals surface area contributed by atoms with Crippen molar-refractivity contribution in [3.05, 3.63) is 52.9 Å². The van der Waals surface area contributed by atoms with E-state index >= 15 is 0 Å². The molecule has 7 heteroatoms. The van der Waals surface area contributed by atoms with Crippen molar-refractivity contribution in [2.75, 3.05) is 27.9 Å². The highest BCUT2D eigenvalue weighted by Gasteiger charge is 2.27. The zero-order valence-corrected chi connectivity index (χ0v) is 17.1. The molecule has 3 rings (SSSR count). The first-order chi connectivity index (χ1) is 13.4. The Morgan fingerprint density at radius 2 is 1.71 bits per heavy atom. The van der Waals surface area contributed by atoms with Gasteiger partial charge in [0, 0.05) is 15.1 Å². The van der Waals surface area contributed by atoms with Crippen LogP contribution in [0.15, 0.2) is 42.5 Å². The molecule has 0 aliphatic heterocycles. The van der Waals surface area contributed by atoms with Gasteiger partial charge in [0.1, 0.15) is 5.60 Å². The number of carbonyl (C=O) groups is 1. The molecular weight excluding hydrogens is 378 g/mol. The Labute approximate surface area is 167 Å². The Kier molecular flexibility index (Phi) is 5.76. The molecule has 0 saturated heterocycles. The van der Waals surface area contributed by atoms with E-state index in [9.17, 15) is 9.90 Å². The molecule has 1 unspecified atom stereocenters. The lowest BCUT2D eigenvalue weighted by Crippen LogP contribution is -2.38. The van der Waals surface area contributed by atoms with E-state index in [2.05, 4.69) is 5.32 Å². The summed E-state index contributed by atoms with van der Waals surface area (Å²) in [6, 6.07) is 13.0. The smallest absolute Gasteiger partial charge is 0.251 e. The largest absolute Gasteiger partial charge is 0.493 e. The highest BCUT2D eigenvalue weighted by molar-refractivity contribution is 7.19. The summed E-state index contributed by atoms with van der Waals surface area (Å²) in [6.45, 7) is 1.75. The molecule has 28 heavy (non-hydrogen) atoms. The SMILES string of the molecule is COc1cc(C(=O)NCC(C)(O)c2cc3ccccc3s2)cc(OC)c1OC. The van der Waals surface area contributed by atoms with Gasteiger partial charge in [-0.15, -0.1) is 11.3 Å². The molecule has 1 amide bonds. The number of methoxy groups -OCH3 is 3. The fourth-order valence-electron chi connectivity index (χ4n) is 2.90. The first-order valence-electron chi connectivity index (χ1n) is 8.69. The third kappa shape index (κ3) is 3.90. The van der Waals surface area contributed by atoms with Gasteiger partial charge in [0.25, 0.3) is 5.91 Å². The standard InChI is InChI=1S/C21H23NO5S/c1-21(24,18-11-13-7-5-6-8-17(13)28-18)12-22-20(23)14-9-15(25-2)19(27-4)16(10-14)26-3/h5-11,24H,12H2,1-4H3,(H,22,23). The Hall–Kier alpha value is -2.77. The Morgan fingerprint density at radius 1 is 1.07 bits per heavy atom. The number of ether oxygens (including phenoxy) is 3. The second kappa shape index (κ2) is 8.08. The van der Waals surface area contributed by atoms with E-state index in [1.165, 1.54) is 32.7 Å². The maximum atomic E-state index is 12.7. The molecule has 2 aromatic carbocycles. The number of amides is 1. The maximum absolute atomic E-state index is 12.7. The summed E-state index contributed by atoms with van der Waals surface area (Å²) in [5.74, 6) is 0.853. The number of hydrogen-bond donors (Lipinski definition) is 2. The monoisotopic (exact) mass is 401 g/mol. The fraction of sp³-hybridized carbons (Fsp3) is 0.286. The van der Waals surface area contributed by atoms with Crippen molar-refractivity contribution in [1.29, 1.82) is 0 Å². The van der Waals surface area contributed by atoms with Gasteiger partial charge in [-0.25, -0.2) is 0 Å². The van der Waals surface area contributed by atoms with Gasteiger partial charge in [-0.2, -0.15) is 0 Å². The second-order valence-corrected chi connectivity index (χ2v) is 7.60. The highest BCUT2D eigenvalue weighted by Crippen LogP contribution is 2.38. The molecule has 148 valence electrons. The van der Waals surface area contributed by atoms with E-state index in [1.807, 2.05) is 30.3 Å². The number of hydrogen-bond acceptors (Lipinski definition) is 6. The normalized spacial score (nSPS) is 13.0. The molecule has 0 saturated carbocycles. The van der Waals surface area contributed by atoms with Crippen LogP contribution in [0.1, 0.15) is 22.2 Å². The fourth-order valence-corrected chi connectivity index (χ4v) is 4.01. The molecule has 0 radical (unpaired) electrons. The minimum Gasteiger partial charge on any atom is -0.493 e. The first-order valence-corrected chi connectivity index (χ1v) is 9.51. The summed E-state index contributed by atoms with van der Waals surface area (Å²) in [5, 5.41) is 14.7. The lowest BCUT2D eigenvalue weighted by molar-refractivity contribution is 0.0557. The van der Waals surface area contributed by atoms with Gasteiger partial charge in [-0.1, -0.05) is 18.2 Å². The van der Waals surface area contributed by atoms with Crippen molar-refractivity contribution >= 4 is 27.3 Å². The average molecular weight is 401 g/mol. The van der Waals surface area contributed by atoms with Gasteiger partial charge in [0.15, 0.2) is 11.5 Å². The second-order valence-electron chi connectivity index (χ2n) is 6.52. The van der Waals surface area contributed by atoms with E-state index in [4.69, 9.17) is 14.2 Å². The van der Waals surface area contributed by atoms with Gasteiger partial charge in [0.05, 0.1) is 27.9 Å². The van der Waals surface area contributed by atoms with Crippen LogP contribution in [-0.2, 0) is 5.60 Å². The number of nitrogens with one attached hydrogen (secondary N) is 1. The minimum absolute atomic E-state index is 0.0648. The van der Waals surface area contributed by atoms with Crippen molar-refractivity contribution < 1.29 is 24.1 Å². The lowest BCUT2D eigenvalue weighted by Gasteiger charge is -2.22. The van der Waals surface area contributed by atoms with E-state index < -0.39 is 5.60 Å². The van der Waals surface area contributed by atoms with Crippen LogP contribution in [0.4, 0.5) is 0 Å². The van der Waals surface area contributed by atoms with Crippen LogP contribution < -0.4 is 19.5 Å². The minimum atomic E-state index is -1.19. The van der Waals surface area contributed by atoms with Crippen LogP contribution in [0.5, 0.6) is 17.2 Å². The Balaban J connectivity index is 1.79. The number of benzene rings is 2. The van der Waals surface area contributed by atoms with Crippen LogP contribution in [0.3, 0.4) is 0 Å². The molecule has 0 aliphatic rings. The topological polar surface area (TPSA) is 77.0 Å². The summed E-state index contributed by atoms with van der Waals surface area (Å²) >= 11 is 1.51. The molecular formula is C21H23NO5S. The predicted molar refractivity (Wildman–Crippen MR) is 110 cm³/mol. The summed E-state index contributed by atoms with van der Waals surface area (Å²) in [5.41, 5.74) is -0.846. The predicted octanol–water partition coefficient (Wildman–Crippen LogP) is 3.56. The third-order valence-electron chi connectivity index (χ3n) is 4.48. The summed E-state index contributed by atoms with van der Waals surface area (Å²) in [7, 11) is 4.48. The zero-order valence-electron chi connectivity index (χ0n) is 16.2. The molecule has 0 bridgehead atoms. The molecule has 2 N–H and O–H groups in total. The number of thiophene rings is 1. The molecule has 1 aromatic heterocycles. The molecule has 0 aliphatic carbocycles. The van der Waals surface area contributed by atoms with Crippen LogP contribution in [0.25, 0.3) is 10.1 Å². The van der Waals surface area contributed by atoms with Crippen LogP contribution in [0.2, 0.25) is 0 Å². The van der Waals surface area contributed by atoms with E-state index in [0.29, 0.717) is 22.8 Å². The van der Waals surface area contributed by atoms with Crippen molar-refractivity contribution in [1.82, 2.24) is 5.32 Å². The quantitative estimate of drug-likeness (QED) is 0.633. The highest BCUT2D eigenvalue weighted by atomic mass is 32.1. The Bertz CT molecular complexity index is 937. The van der Waals surface area contributed by atoms with Crippen molar-refractivity contribution in [3.8, 4) is 17.2 Å². The van der Waals surface area contributed by atoms with E-state index in [1.54, 1.807) is 19.1 Å². The number of carbonyl (C=O) groups excluding carboxylic acids is 1. The lowest BCUT2D eigenvalue weighted by atomic mass is 10.0. The zero-order chi connectivity index (χ0) is 20.3. The van der Waals surface area contributed by atoms with Crippen molar-refractivity contribution in [2.24, 2.45) is 0 Å². The molecule has 1 heterocycles. The van der Waals surface area contributed by atoms with Gasteiger partial charge in [0.2, 0.25) is 5.75 Å². The van der Waals surface area contributed by atoms with Crippen molar-refractivity contribution in [2.45, 2.75) is 12.5 Å².